The molecule has 2 aliphatic heterocycles. The average Bonchev–Trinajstić information content (AvgIpc) is 3.60. The van der Waals surface area contributed by atoms with Crippen LogP contribution < -0.4 is 4.90 Å². The summed E-state index contributed by atoms with van der Waals surface area (Å²) in [6.45, 7) is 3.16. The lowest BCUT2D eigenvalue weighted by Gasteiger charge is -2.30. The van der Waals surface area contributed by atoms with E-state index in [1.54, 1.807) is 0 Å². The van der Waals surface area contributed by atoms with Crippen LogP contribution in [0.3, 0.4) is 0 Å². The number of anilines is 1. The second-order valence-electron chi connectivity index (χ2n) is 9.00. The van der Waals surface area contributed by atoms with Crippen molar-refractivity contribution in [3.63, 3.8) is 0 Å². The fourth-order valence-electron chi connectivity index (χ4n) is 5.35. The van der Waals surface area contributed by atoms with Gasteiger partial charge >= 0.3 is 0 Å². The molecule has 2 saturated heterocycles. The predicted molar refractivity (Wildman–Crippen MR) is 122 cm³/mol. The zero-order valence-electron chi connectivity index (χ0n) is 18.6. The van der Waals surface area contributed by atoms with E-state index in [2.05, 4.69) is 32.0 Å². The number of allylic oxidation sites excluding steroid dienone is 2. The Kier molecular flexibility index (Phi) is 6.21. The van der Waals surface area contributed by atoms with Gasteiger partial charge in [0.1, 0.15) is 0 Å². The smallest absolute Gasteiger partial charge is 0.226 e. The topological polar surface area (TPSA) is 87.4 Å². The van der Waals surface area contributed by atoms with Gasteiger partial charge in [-0.15, -0.1) is 0 Å². The van der Waals surface area contributed by atoms with Crippen LogP contribution in [0.5, 0.6) is 0 Å². The number of aliphatic hydroxyl groups is 1. The van der Waals surface area contributed by atoms with Gasteiger partial charge in [-0.3, -0.25) is 9.48 Å². The lowest BCUT2D eigenvalue weighted by atomic mass is 9.92. The Morgan fingerprint density at radius 2 is 2.00 bits per heavy atom. The first kappa shape index (κ1) is 21.1. The Morgan fingerprint density at radius 3 is 2.78 bits per heavy atom. The van der Waals surface area contributed by atoms with Crippen LogP contribution in [0.15, 0.2) is 30.6 Å². The maximum absolute atomic E-state index is 13.4. The van der Waals surface area contributed by atoms with E-state index in [1.807, 2.05) is 23.1 Å². The Bertz CT molecular complexity index is 981. The number of amides is 1. The standard InChI is InChI=1S/C24H32N6O2/c31-16-15-30-22(21-9-6-14-29(21)23(32)18-7-2-1-3-8-18)19(17-26-30)20-10-11-25-24(27-20)28-12-4-5-13-28/h1-2,10-11,17-18,21,31H,3-9,12-16H2/t18-,21-/m1/s1. The van der Waals surface area contributed by atoms with Gasteiger partial charge in [0, 0.05) is 37.3 Å². The molecule has 170 valence electrons. The van der Waals surface area contributed by atoms with Crippen molar-refractivity contribution in [2.24, 2.45) is 5.92 Å². The number of carbonyl (C=O) groups excluding carboxylic acids is 1. The highest BCUT2D eigenvalue weighted by Crippen LogP contribution is 2.39. The first-order valence-corrected chi connectivity index (χ1v) is 12.0. The summed E-state index contributed by atoms with van der Waals surface area (Å²) >= 11 is 0. The molecule has 2 aromatic rings. The van der Waals surface area contributed by atoms with Gasteiger partial charge in [-0.25, -0.2) is 9.97 Å². The summed E-state index contributed by atoms with van der Waals surface area (Å²) in [6, 6.07) is 1.89. The van der Waals surface area contributed by atoms with E-state index in [1.165, 1.54) is 12.8 Å². The normalized spacial score (nSPS) is 23.3. The molecular formula is C24H32N6O2. The summed E-state index contributed by atoms with van der Waals surface area (Å²) in [7, 11) is 0. The number of aromatic nitrogens is 4. The van der Waals surface area contributed by atoms with Crippen LogP contribution in [0.4, 0.5) is 5.95 Å². The van der Waals surface area contributed by atoms with Crippen molar-refractivity contribution in [3.05, 3.63) is 36.3 Å². The zero-order chi connectivity index (χ0) is 21.9. The van der Waals surface area contributed by atoms with Crippen molar-refractivity contribution in [1.82, 2.24) is 24.6 Å². The van der Waals surface area contributed by atoms with Crippen molar-refractivity contribution in [2.45, 2.75) is 57.5 Å². The van der Waals surface area contributed by atoms with Crippen molar-refractivity contribution in [1.29, 1.82) is 0 Å². The average molecular weight is 437 g/mol. The molecule has 8 nitrogen and oxygen atoms in total. The lowest BCUT2D eigenvalue weighted by Crippen LogP contribution is -2.37. The molecule has 1 amide bonds. The minimum absolute atomic E-state index is 0.00497. The van der Waals surface area contributed by atoms with Gasteiger partial charge < -0.3 is 14.9 Å². The molecule has 0 spiro atoms. The summed E-state index contributed by atoms with van der Waals surface area (Å²) in [5.74, 6) is 1.08. The molecular weight excluding hydrogens is 404 g/mol. The van der Waals surface area contributed by atoms with Crippen molar-refractivity contribution >= 4 is 11.9 Å². The van der Waals surface area contributed by atoms with Crippen LogP contribution in [0, 0.1) is 5.92 Å². The van der Waals surface area contributed by atoms with Crippen LogP contribution >= 0.6 is 0 Å². The number of hydrogen-bond acceptors (Lipinski definition) is 6. The van der Waals surface area contributed by atoms with E-state index in [0.29, 0.717) is 6.54 Å². The van der Waals surface area contributed by atoms with E-state index in [9.17, 15) is 9.90 Å². The molecule has 3 aliphatic rings. The summed E-state index contributed by atoms with van der Waals surface area (Å²) < 4.78 is 1.87. The second-order valence-corrected chi connectivity index (χ2v) is 9.00. The number of aliphatic hydroxyl groups excluding tert-OH is 1. The van der Waals surface area contributed by atoms with Gasteiger partial charge in [-0.1, -0.05) is 12.2 Å². The van der Waals surface area contributed by atoms with Gasteiger partial charge in [0.25, 0.3) is 0 Å². The number of carbonyl (C=O) groups is 1. The molecule has 1 N–H and O–H groups in total. The first-order chi connectivity index (χ1) is 15.8. The summed E-state index contributed by atoms with van der Waals surface area (Å²) in [5, 5.41) is 14.2. The van der Waals surface area contributed by atoms with Gasteiger partial charge in [-0.05, 0) is 51.0 Å². The minimum atomic E-state index is -0.0392. The molecule has 0 aromatic carbocycles. The lowest BCUT2D eigenvalue weighted by molar-refractivity contribution is -0.136. The number of rotatable bonds is 6. The maximum atomic E-state index is 13.4. The highest BCUT2D eigenvalue weighted by atomic mass is 16.3. The fraction of sp³-hybridized carbons (Fsp3) is 0.583. The maximum Gasteiger partial charge on any atom is 0.226 e. The monoisotopic (exact) mass is 436 g/mol. The summed E-state index contributed by atoms with van der Waals surface area (Å²) in [6.07, 6.45) is 14.9. The predicted octanol–water partition coefficient (Wildman–Crippen LogP) is 2.95. The molecule has 5 rings (SSSR count). The number of likely N-dealkylation sites (tertiary alicyclic amines) is 1. The third-order valence-electron chi connectivity index (χ3n) is 6.97. The molecule has 1 aliphatic carbocycles. The van der Waals surface area contributed by atoms with Gasteiger partial charge in [0.15, 0.2) is 0 Å². The SMILES string of the molecule is O=C([C@@H]1CC=CCC1)N1CCC[C@@H]1c1c(-c2ccnc(N3CCCC3)n2)cnn1CCO. The largest absolute Gasteiger partial charge is 0.394 e. The van der Waals surface area contributed by atoms with E-state index in [0.717, 1.165) is 74.6 Å². The van der Waals surface area contributed by atoms with E-state index in [-0.39, 0.29) is 24.5 Å². The zero-order valence-corrected chi connectivity index (χ0v) is 18.6. The molecule has 2 atom stereocenters. The van der Waals surface area contributed by atoms with E-state index in [4.69, 9.17) is 4.98 Å². The molecule has 0 unspecified atom stereocenters. The molecule has 2 fully saturated rings. The summed E-state index contributed by atoms with van der Waals surface area (Å²) in [4.78, 5) is 27.1. The quantitative estimate of drug-likeness (QED) is 0.701. The third-order valence-corrected chi connectivity index (χ3v) is 6.97. The van der Waals surface area contributed by atoms with Crippen LogP contribution in [0.1, 0.15) is 56.7 Å². The first-order valence-electron chi connectivity index (χ1n) is 12.0. The van der Waals surface area contributed by atoms with Gasteiger partial charge in [0.2, 0.25) is 11.9 Å². The molecule has 0 bridgehead atoms. The van der Waals surface area contributed by atoms with Crippen molar-refractivity contribution in [3.8, 4) is 11.3 Å². The van der Waals surface area contributed by atoms with Crippen molar-refractivity contribution < 1.29 is 9.90 Å². The van der Waals surface area contributed by atoms with E-state index >= 15 is 0 Å². The van der Waals surface area contributed by atoms with Crippen LogP contribution in [0.25, 0.3) is 11.3 Å². The molecule has 32 heavy (non-hydrogen) atoms. The number of nitrogens with zero attached hydrogens (tertiary/aromatic N) is 6. The Balaban J connectivity index is 1.49. The highest BCUT2D eigenvalue weighted by molar-refractivity contribution is 5.80. The number of hydrogen-bond donors (Lipinski definition) is 1. The van der Waals surface area contributed by atoms with Crippen molar-refractivity contribution in [2.75, 3.05) is 31.1 Å². The van der Waals surface area contributed by atoms with Crippen LogP contribution in [0.2, 0.25) is 0 Å². The molecule has 0 saturated carbocycles. The Labute approximate surface area is 189 Å². The summed E-state index contributed by atoms with van der Waals surface area (Å²) in [5.41, 5.74) is 2.76. The van der Waals surface area contributed by atoms with Gasteiger partial charge in [0.05, 0.1) is 36.8 Å². The minimum Gasteiger partial charge on any atom is -0.394 e. The highest BCUT2D eigenvalue weighted by Gasteiger charge is 2.37. The molecule has 2 aromatic heterocycles. The fourth-order valence-corrected chi connectivity index (χ4v) is 5.35. The molecule has 0 radical (unpaired) electrons. The van der Waals surface area contributed by atoms with Crippen LogP contribution in [-0.4, -0.2) is 61.9 Å². The molecule has 8 heteroatoms. The van der Waals surface area contributed by atoms with E-state index < -0.39 is 0 Å². The van der Waals surface area contributed by atoms with Crippen LogP contribution in [-0.2, 0) is 11.3 Å². The second kappa shape index (κ2) is 9.40. The Morgan fingerprint density at radius 1 is 1.12 bits per heavy atom. The molecule has 4 heterocycles. The van der Waals surface area contributed by atoms with Gasteiger partial charge in [-0.2, -0.15) is 5.10 Å². The third kappa shape index (κ3) is 4.03. The Hall–Kier alpha value is -2.74.